The topological polar surface area (TPSA) is 49.3 Å². The zero-order valence-corrected chi connectivity index (χ0v) is 13.6. The summed E-state index contributed by atoms with van der Waals surface area (Å²) in [5.74, 6) is -0.226. The average Bonchev–Trinajstić information content (AvgIpc) is 2.55. The van der Waals surface area contributed by atoms with Gasteiger partial charge in [0.15, 0.2) is 0 Å². The molecule has 2 aromatic rings. The second-order valence-electron chi connectivity index (χ2n) is 4.72. The molecule has 0 heterocycles. The molecule has 0 aliphatic rings. The van der Waals surface area contributed by atoms with Crippen LogP contribution in [-0.2, 0) is 0 Å². The maximum absolute atomic E-state index is 11.6. The van der Waals surface area contributed by atoms with Crippen LogP contribution in [0.3, 0.4) is 0 Å². The summed E-state index contributed by atoms with van der Waals surface area (Å²) in [5, 5.41) is 14.3. The lowest BCUT2D eigenvalue weighted by Gasteiger charge is -2.06. The van der Waals surface area contributed by atoms with E-state index in [0.29, 0.717) is 12.1 Å². The first-order chi connectivity index (χ1) is 11.1. The van der Waals surface area contributed by atoms with Crippen molar-refractivity contribution >= 4 is 16.7 Å². The van der Waals surface area contributed by atoms with Gasteiger partial charge in [0.2, 0.25) is 0 Å². The van der Waals surface area contributed by atoms with Crippen LogP contribution in [0.2, 0.25) is 0 Å². The lowest BCUT2D eigenvalue weighted by molar-refractivity contribution is 0.0953. The Hall–Kier alpha value is -2.81. The lowest BCUT2D eigenvalue weighted by atomic mass is 10.1. The highest BCUT2D eigenvalue weighted by Crippen LogP contribution is 2.24. The molecule has 2 aromatic carbocycles. The van der Waals surface area contributed by atoms with Crippen molar-refractivity contribution in [2.75, 3.05) is 6.54 Å². The first-order valence-corrected chi connectivity index (χ1v) is 7.54. The summed E-state index contributed by atoms with van der Waals surface area (Å²) in [6.45, 7) is 7.88. The Morgan fingerprint density at radius 3 is 2.39 bits per heavy atom. The Kier molecular flexibility index (Phi) is 7.94. The molecule has 120 valence electrons. The third-order valence-electron chi connectivity index (χ3n) is 3.00. The van der Waals surface area contributed by atoms with Crippen molar-refractivity contribution in [2.45, 2.75) is 13.8 Å². The van der Waals surface area contributed by atoms with E-state index >= 15 is 0 Å². The van der Waals surface area contributed by atoms with E-state index in [9.17, 15) is 9.90 Å². The number of hydrogen-bond acceptors (Lipinski definition) is 2. The average molecular weight is 309 g/mol. The van der Waals surface area contributed by atoms with E-state index in [0.717, 1.165) is 10.8 Å². The molecule has 0 unspecified atom stereocenters. The van der Waals surface area contributed by atoms with Crippen LogP contribution in [0, 0.1) is 0 Å². The highest BCUT2D eigenvalue weighted by molar-refractivity contribution is 6.01. The fraction of sp³-hybridized carbons (Fsp3) is 0.150. The molecule has 23 heavy (non-hydrogen) atoms. The predicted molar refractivity (Wildman–Crippen MR) is 97.8 cm³/mol. The number of fused-ring (bicyclic) bond motifs is 1. The molecule has 0 aliphatic heterocycles. The zero-order chi connectivity index (χ0) is 17.1. The van der Waals surface area contributed by atoms with Crippen molar-refractivity contribution in [1.29, 1.82) is 0 Å². The molecule has 1 amide bonds. The van der Waals surface area contributed by atoms with Gasteiger partial charge < -0.3 is 10.4 Å². The number of amides is 1. The smallest absolute Gasteiger partial charge is 0.255 e. The van der Waals surface area contributed by atoms with Crippen LogP contribution < -0.4 is 5.32 Å². The Morgan fingerprint density at radius 1 is 1.17 bits per heavy atom. The van der Waals surface area contributed by atoms with Crippen LogP contribution >= 0.6 is 0 Å². The summed E-state index contributed by atoms with van der Waals surface area (Å²) in [6.07, 6.45) is 9.51. The van der Waals surface area contributed by atoms with Gasteiger partial charge in [-0.05, 0) is 36.8 Å². The van der Waals surface area contributed by atoms with E-state index in [-0.39, 0.29) is 11.7 Å². The van der Waals surface area contributed by atoms with Crippen LogP contribution in [0.25, 0.3) is 10.8 Å². The van der Waals surface area contributed by atoms with Gasteiger partial charge in [-0.2, -0.15) is 0 Å². The van der Waals surface area contributed by atoms with Crippen LogP contribution in [0.4, 0.5) is 0 Å². The van der Waals surface area contributed by atoms with Gasteiger partial charge >= 0.3 is 0 Å². The predicted octanol–water partition coefficient (Wildman–Crippen LogP) is 4.60. The lowest BCUT2D eigenvalue weighted by Crippen LogP contribution is -2.22. The van der Waals surface area contributed by atoms with Crippen LogP contribution in [-0.4, -0.2) is 17.6 Å². The molecule has 0 atom stereocenters. The Balaban J connectivity index is 0.000000322. The summed E-state index contributed by atoms with van der Waals surface area (Å²) in [5.41, 5.74) is 0.320. The number of benzene rings is 2. The molecule has 0 saturated heterocycles. The van der Waals surface area contributed by atoms with Crippen molar-refractivity contribution in [3.8, 4) is 5.75 Å². The molecule has 2 N–H and O–H groups in total. The third kappa shape index (κ3) is 5.83. The Bertz CT molecular complexity index is 715. The fourth-order valence-electron chi connectivity index (χ4n) is 1.92. The molecule has 0 bridgehead atoms. The second kappa shape index (κ2) is 10.0. The number of carbonyl (C=O) groups excluding carboxylic acids is 1. The minimum absolute atomic E-state index is 0.0182. The molecule has 0 aromatic heterocycles. The fourth-order valence-corrected chi connectivity index (χ4v) is 1.92. The van der Waals surface area contributed by atoms with E-state index in [2.05, 4.69) is 11.9 Å². The van der Waals surface area contributed by atoms with Gasteiger partial charge in [0, 0.05) is 6.54 Å². The summed E-state index contributed by atoms with van der Waals surface area (Å²) in [6, 6.07) is 10.9. The SMILES string of the molecule is C=C/C=C\C=C/C.CCNC(=O)c1cc2ccccc2cc1O. The van der Waals surface area contributed by atoms with Crippen LogP contribution in [0.15, 0.2) is 73.4 Å². The van der Waals surface area contributed by atoms with E-state index in [1.165, 1.54) is 0 Å². The standard InChI is InChI=1S/C13H13NO2.C7H10/c1-2-14-13(16)11-7-9-5-3-4-6-10(9)8-12(11)15;1-3-5-7-6-4-2/h3-8,15H,2H2,1H3,(H,14,16);3-7H,1H2,2H3/b;6-4-,7-5-. The Labute approximate surface area is 137 Å². The maximum Gasteiger partial charge on any atom is 0.255 e. The number of allylic oxidation sites excluding steroid dienone is 5. The van der Waals surface area contributed by atoms with Crippen molar-refractivity contribution in [2.24, 2.45) is 0 Å². The first kappa shape index (κ1) is 18.2. The van der Waals surface area contributed by atoms with E-state index in [1.54, 1.807) is 18.2 Å². The van der Waals surface area contributed by atoms with Gasteiger partial charge in [-0.1, -0.05) is 61.2 Å². The molecule has 2 rings (SSSR count). The largest absolute Gasteiger partial charge is 0.507 e. The van der Waals surface area contributed by atoms with Gasteiger partial charge in [0.05, 0.1) is 5.56 Å². The Morgan fingerprint density at radius 2 is 1.83 bits per heavy atom. The molecule has 0 spiro atoms. The molecule has 0 radical (unpaired) electrons. The molecule has 3 heteroatoms. The van der Waals surface area contributed by atoms with Crippen molar-refractivity contribution in [3.63, 3.8) is 0 Å². The molecule has 0 saturated carbocycles. The van der Waals surface area contributed by atoms with E-state index in [4.69, 9.17) is 0 Å². The highest BCUT2D eigenvalue weighted by atomic mass is 16.3. The van der Waals surface area contributed by atoms with E-state index in [1.807, 2.05) is 62.4 Å². The summed E-state index contributed by atoms with van der Waals surface area (Å²) in [7, 11) is 0. The van der Waals surface area contributed by atoms with E-state index < -0.39 is 0 Å². The number of hydrogen-bond donors (Lipinski definition) is 2. The van der Waals surface area contributed by atoms with Gasteiger partial charge in [0.25, 0.3) is 5.91 Å². The normalized spacial score (nSPS) is 10.5. The number of rotatable bonds is 4. The molecule has 0 aliphatic carbocycles. The summed E-state index contributed by atoms with van der Waals surface area (Å²) in [4.78, 5) is 11.6. The number of aromatic hydroxyl groups is 1. The first-order valence-electron chi connectivity index (χ1n) is 7.54. The van der Waals surface area contributed by atoms with Gasteiger partial charge in [-0.15, -0.1) is 0 Å². The maximum atomic E-state index is 11.6. The minimum Gasteiger partial charge on any atom is -0.507 e. The number of nitrogens with one attached hydrogen (secondary N) is 1. The van der Waals surface area contributed by atoms with Crippen LogP contribution in [0.1, 0.15) is 24.2 Å². The van der Waals surface area contributed by atoms with Crippen molar-refractivity contribution < 1.29 is 9.90 Å². The van der Waals surface area contributed by atoms with Gasteiger partial charge in [-0.3, -0.25) is 4.79 Å². The molecular weight excluding hydrogens is 286 g/mol. The number of phenols is 1. The zero-order valence-electron chi connectivity index (χ0n) is 13.6. The second-order valence-corrected chi connectivity index (χ2v) is 4.72. The number of carbonyl (C=O) groups is 1. The third-order valence-corrected chi connectivity index (χ3v) is 3.00. The van der Waals surface area contributed by atoms with Crippen LogP contribution in [0.5, 0.6) is 5.75 Å². The van der Waals surface area contributed by atoms with Gasteiger partial charge in [-0.25, -0.2) is 0 Å². The van der Waals surface area contributed by atoms with Gasteiger partial charge in [0.1, 0.15) is 5.75 Å². The molecule has 0 fully saturated rings. The quantitative estimate of drug-likeness (QED) is 0.811. The minimum atomic E-state index is -0.245. The monoisotopic (exact) mass is 309 g/mol. The molecular formula is C20H23NO2. The summed E-state index contributed by atoms with van der Waals surface area (Å²) < 4.78 is 0. The number of phenolic OH excluding ortho intramolecular Hbond substituents is 1. The van der Waals surface area contributed by atoms with Crippen molar-refractivity contribution in [3.05, 3.63) is 78.9 Å². The highest BCUT2D eigenvalue weighted by Gasteiger charge is 2.10. The van der Waals surface area contributed by atoms with Crippen molar-refractivity contribution in [1.82, 2.24) is 5.32 Å². The molecule has 3 nitrogen and oxygen atoms in total. The summed E-state index contributed by atoms with van der Waals surface area (Å²) >= 11 is 0.